The standard InChI is InChI=1S/C15H14N4O.K.H/c1-11-13(7-5-9-20)15(18(2)17-11)19-14-8-4-3-6-12(14)10-16-19;;/h3-10H,1-2H3;;/q;+1;-1/b7-5+;;. The molecule has 0 N–H and O–H groups in total. The number of fused-ring (bicyclic) bond motifs is 1. The van der Waals surface area contributed by atoms with Crippen LogP contribution in [0.4, 0.5) is 0 Å². The van der Waals surface area contributed by atoms with E-state index in [0.29, 0.717) is 0 Å². The zero-order valence-corrected chi connectivity index (χ0v) is 15.4. The van der Waals surface area contributed by atoms with E-state index in [2.05, 4.69) is 10.2 Å². The van der Waals surface area contributed by atoms with Gasteiger partial charge in [0.05, 0.1) is 17.4 Å². The van der Waals surface area contributed by atoms with E-state index in [1.165, 1.54) is 6.08 Å². The zero-order chi connectivity index (χ0) is 14.1. The molecular weight excluding hydrogens is 291 g/mol. The Balaban J connectivity index is 0.00000121. The fraction of sp³-hybridized carbons (Fsp3) is 0.133. The van der Waals surface area contributed by atoms with Crippen LogP contribution in [0.5, 0.6) is 0 Å². The molecule has 2 heterocycles. The molecule has 0 aliphatic carbocycles. The van der Waals surface area contributed by atoms with Crippen LogP contribution in [-0.4, -0.2) is 25.8 Å². The molecule has 5 nitrogen and oxygen atoms in total. The quantitative estimate of drug-likeness (QED) is 0.369. The number of hydrogen-bond acceptors (Lipinski definition) is 3. The Hall–Kier alpha value is -1.05. The number of aryl methyl sites for hydroxylation is 2. The van der Waals surface area contributed by atoms with Crippen molar-refractivity contribution in [3.05, 3.63) is 47.8 Å². The molecule has 0 fully saturated rings. The molecule has 0 spiro atoms. The van der Waals surface area contributed by atoms with E-state index < -0.39 is 0 Å². The summed E-state index contributed by atoms with van der Waals surface area (Å²) in [6.07, 6.45) is 5.82. The summed E-state index contributed by atoms with van der Waals surface area (Å²) >= 11 is 0. The van der Waals surface area contributed by atoms with Gasteiger partial charge in [0.1, 0.15) is 6.29 Å². The Morgan fingerprint density at radius 2 is 2.05 bits per heavy atom. The number of rotatable bonds is 3. The minimum absolute atomic E-state index is 0. The first-order valence-electron chi connectivity index (χ1n) is 6.31. The van der Waals surface area contributed by atoms with Crippen LogP contribution in [0.2, 0.25) is 0 Å². The van der Waals surface area contributed by atoms with E-state index in [4.69, 9.17) is 0 Å². The van der Waals surface area contributed by atoms with E-state index in [9.17, 15) is 4.79 Å². The van der Waals surface area contributed by atoms with Gasteiger partial charge in [-0.05, 0) is 25.1 Å². The number of para-hydroxylation sites is 1. The molecule has 0 atom stereocenters. The number of hydrogen-bond donors (Lipinski definition) is 0. The van der Waals surface area contributed by atoms with Gasteiger partial charge < -0.3 is 1.43 Å². The molecule has 0 unspecified atom stereocenters. The average Bonchev–Trinajstić information content (AvgIpc) is 2.97. The maximum absolute atomic E-state index is 10.6. The summed E-state index contributed by atoms with van der Waals surface area (Å²) in [6, 6.07) is 7.99. The van der Waals surface area contributed by atoms with Gasteiger partial charge in [0.2, 0.25) is 0 Å². The third kappa shape index (κ3) is 2.95. The van der Waals surface area contributed by atoms with Crippen LogP contribution in [0, 0.1) is 6.92 Å². The second-order valence-electron chi connectivity index (χ2n) is 4.56. The largest absolute Gasteiger partial charge is 1.00 e. The first-order valence-corrected chi connectivity index (χ1v) is 6.31. The Morgan fingerprint density at radius 3 is 2.81 bits per heavy atom. The number of allylic oxidation sites excluding steroid dienone is 1. The molecule has 0 radical (unpaired) electrons. The number of aldehydes is 1. The minimum atomic E-state index is 0. The van der Waals surface area contributed by atoms with Gasteiger partial charge in [-0.25, -0.2) is 4.68 Å². The van der Waals surface area contributed by atoms with Crippen LogP contribution in [0.3, 0.4) is 0 Å². The van der Waals surface area contributed by atoms with Crippen molar-refractivity contribution in [1.82, 2.24) is 19.6 Å². The van der Waals surface area contributed by atoms with E-state index in [1.807, 2.05) is 49.1 Å². The van der Waals surface area contributed by atoms with Gasteiger partial charge in [-0.15, -0.1) is 0 Å². The summed E-state index contributed by atoms with van der Waals surface area (Å²) in [7, 11) is 1.87. The van der Waals surface area contributed by atoms with Crippen molar-refractivity contribution in [2.75, 3.05) is 0 Å². The fourth-order valence-electron chi connectivity index (χ4n) is 2.38. The van der Waals surface area contributed by atoms with E-state index in [1.54, 1.807) is 10.8 Å². The molecular formula is C15H15KN4O. The van der Waals surface area contributed by atoms with Crippen molar-refractivity contribution >= 4 is 23.3 Å². The van der Waals surface area contributed by atoms with Gasteiger partial charge in [-0.3, -0.25) is 9.48 Å². The maximum Gasteiger partial charge on any atom is 1.00 e. The monoisotopic (exact) mass is 306 g/mol. The molecule has 102 valence electrons. The molecule has 0 saturated heterocycles. The molecule has 1 aromatic carbocycles. The van der Waals surface area contributed by atoms with E-state index in [-0.39, 0.29) is 52.8 Å². The summed E-state index contributed by atoms with van der Waals surface area (Å²) in [5.41, 5.74) is 2.77. The van der Waals surface area contributed by atoms with Crippen LogP contribution in [-0.2, 0) is 11.8 Å². The fourth-order valence-corrected chi connectivity index (χ4v) is 2.38. The van der Waals surface area contributed by atoms with Crippen molar-refractivity contribution < 1.29 is 57.6 Å². The molecule has 0 aliphatic rings. The number of benzene rings is 1. The Kier molecular flexibility index (Phi) is 5.29. The smallest absolute Gasteiger partial charge is 1.00 e. The van der Waals surface area contributed by atoms with Gasteiger partial charge in [-0.1, -0.05) is 18.2 Å². The SMILES string of the molecule is Cc1nn(C)c(-n2ncc3ccccc32)c1/C=C/C=O.[H-].[K+]. The Bertz CT molecular complexity index is 822. The summed E-state index contributed by atoms with van der Waals surface area (Å²) in [5, 5.41) is 9.92. The predicted molar refractivity (Wildman–Crippen MR) is 78.8 cm³/mol. The molecule has 2 aromatic heterocycles. The molecule has 0 aliphatic heterocycles. The van der Waals surface area contributed by atoms with Crippen LogP contribution in [0.25, 0.3) is 22.8 Å². The number of aromatic nitrogens is 4. The summed E-state index contributed by atoms with van der Waals surface area (Å²) in [4.78, 5) is 10.6. The third-order valence-corrected chi connectivity index (χ3v) is 3.26. The van der Waals surface area contributed by atoms with Crippen molar-refractivity contribution in [3.8, 4) is 5.82 Å². The molecule has 3 rings (SSSR count). The minimum Gasteiger partial charge on any atom is -1.00 e. The van der Waals surface area contributed by atoms with Crippen LogP contribution in [0.1, 0.15) is 12.7 Å². The summed E-state index contributed by atoms with van der Waals surface area (Å²) < 4.78 is 3.62. The van der Waals surface area contributed by atoms with Gasteiger partial charge in [-0.2, -0.15) is 10.2 Å². The Morgan fingerprint density at radius 1 is 1.29 bits per heavy atom. The van der Waals surface area contributed by atoms with Gasteiger partial charge in [0.15, 0.2) is 5.82 Å². The third-order valence-electron chi connectivity index (χ3n) is 3.26. The second kappa shape index (κ2) is 6.80. The Labute approximate surface area is 166 Å². The topological polar surface area (TPSA) is 52.7 Å². The van der Waals surface area contributed by atoms with Gasteiger partial charge in [0.25, 0.3) is 0 Å². The molecule has 21 heavy (non-hydrogen) atoms. The number of carbonyl (C=O) groups excluding carboxylic acids is 1. The predicted octanol–water partition coefficient (Wildman–Crippen LogP) is -0.604. The molecule has 3 aromatic rings. The summed E-state index contributed by atoms with van der Waals surface area (Å²) in [5.74, 6) is 0.849. The van der Waals surface area contributed by atoms with Gasteiger partial charge >= 0.3 is 51.4 Å². The van der Waals surface area contributed by atoms with Crippen molar-refractivity contribution in [2.24, 2.45) is 7.05 Å². The van der Waals surface area contributed by atoms with Gasteiger partial charge in [0, 0.05) is 18.0 Å². The van der Waals surface area contributed by atoms with Crippen molar-refractivity contribution in [2.45, 2.75) is 6.92 Å². The maximum atomic E-state index is 10.6. The van der Waals surface area contributed by atoms with E-state index >= 15 is 0 Å². The van der Waals surface area contributed by atoms with Crippen LogP contribution in [0.15, 0.2) is 36.5 Å². The second-order valence-corrected chi connectivity index (χ2v) is 4.56. The van der Waals surface area contributed by atoms with E-state index in [0.717, 1.165) is 34.3 Å². The summed E-state index contributed by atoms with van der Waals surface area (Å²) in [6.45, 7) is 1.92. The zero-order valence-electron chi connectivity index (χ0n) is 13.3. The first-order chi connectivity index (χ1) is 9.72. The van der Waals surface area contributed by atoms with Crippen LogP contribution >= 0.6 is 0 Å². The first kappa shape index (κ1) is 16.3. The van der Waals surface area contributed by atoms with Crippen LogP contribution < -0.4 is 51.4 Å². The normalized spacial score (nSPS) is 11.0. The molecule has 0 bridgehead atoms. The molecule has 6 heteroatoms. The number of carbonyl (C=O) groups is 1. The average molecular weight is 306 g/mol. The molecule has 0 amide bonds. The van der Waals surface area contributed by atoms with Crippen molar-refractivity contribution in [3.63, 3.8) is 0 Å². The molecule has 0 saturated carbocycles. The van der Waals surface area contributed by atoms with Crippen molar-refractivity contribution in [1.29, 1.82) is 0 Å². The number of nitrogens with zero attached hydrogens (tertiary/aromatic N) is 4.